The Morgan fingerprint density at radius 2 is 2.18 bits per heavy atom. The molecule has 5 heteroatoms. The molecule has 0 saturated carbocycles. The van der Waals surface area contributed by atoms with Gasteiger partial charge in [-0.15, -0.1) is 0 Å². The molecule has 0 spiro atoms. The lowest BCUT2D eigenvalue weighted by Crippen LogP contribution is -2.26. The van der Waals surface area contributed by atoms with E-state index in [1.54, 1.807) is 0 Å². The van der Waals surface area contributed by atoms with Crippen LogP contribution in [-0.2, 0) is 11.2 Å². The molecule has 0 amide bonds. The van der Waals surface area contributed by atoms with Crippen LogP contribution in [0.1, 0.15) is 31.7 Å². The highest BCUT2D eigenvalue weighted by atomic mass is 16.5. The van der Waals surface area contributed by atoms with Gasteiger partial charge in [0.1, 0.15) is 18.2 Å². The number of hydrogen-bond acceptors (Lipinski definition) is 5. The molecule has 94 valence electrons. The van der Waals surface area contributed by atoms with E-state index in [4.69, 9.17) is 15.2 Å². The maximum Gasteiger partial charge on any atom is 0.222 e. The molecule has 1 aliphatic rings. The van der Waals surface area contributed by atoms with Gasteiger partial charge in [0.2, 0.25) is 5.88 Å². The summed E-state index contributed by atoms with van der Waals surface area (Å²) < 4.78 is 11.2. The highest BCUT2D eigenvalue weighted by Gasteiger charge is 2.18. The Morgan fingerprint density at radius 1 is 1.41 bits per heavy atom. The van der Waals surface area contributed by atoms with Crippen molar-refractivity contribution in [2.24, 2.45) is 0 Å². The SMILES string of the molecule is CCCc1c(N)ncnc1OC1CCOCC1. The average molecular weight is 237 g/mol. The second-order valence-electron chi connectivity index (χ2n) is 4.22. The molecule has 0 aromatic carbocycles. The van der Waals surface area contributed by atoms with Crippen molar-refractivity contribution in [2.75, 3.05) is 18.9 Å². The first-order valence-electron chi connectivity index (χ1n) is 6.15. The molecule has 0 radical (unpaired) electrons. The van der Waals surface area contributed by atoms with Crippen molar-refractivity contribution in [3.63, 3.8) is 0 Å². The van der Waals surface area contributed by atoms with Gasteiger partial charge in [0.05, 0.1) is 18.8 Å². The fourth-order valence-corrected chi connectivity index (χ4v) is 1.95. The summed E-state index contributed by atoms with van der Waals surface area (Å²) in [5.41, 5.74) is 6.79. The van der Waals surface area contributed by atoms with Crippen LogP contribution in [0.3, 0.4) is 0 Å². The molecule has 1 fully saturated rings. The summed E-state index contributed by atoms with van der Waals surface area (Å²) in [5, 5.41) is 0. The van der Waals surface area contributed by atoms with E-state index in [2.05, 4.69) is 16.9 Å². The molecule has 1 saturated heterocycles. The Morgan fingerprint density at radius 3 is 2.88 bits per heavy atom. The van der Waals surface area contributed by atoms with E-state index in [1.165, 1.54) is 6.33 Å². The Kier molecular flexibility index (Phi) is 4.14. The molecule has 0 bridgehead atoms. The predicted molar refractivity (Wildman–Crippen MR) is 64.9 cm³/mol. The molecule has 5 nitrogen and oxygen atoms in total. The molecule has 2 N–H and O–H groups in total. The molecule has 0 aliphatic carbocycles. The number of nitrogen functional groups attached to an aromatic ring is 1. The Balaban J connectivity index is 2.10. The molecule has 0 unspecified atom stereocenters. The van der Waals surface area contributed by atoms with E-state index in [0.717, 1.165) is 44.5 Å². The summed E-state index contributed by atoms with van der Waals surface area (Å²) in [6.45, 7) is 3.62. The van der Waals surface area contributed by atoms with E-state index >= 15 is 0 Å². The van der Waals surface area contributed by atoms with Gasteiger partial charge >= 0.3 is 0 Å². The summed E-state index contributed by atoms with van der Waals surface area (Å²) in [5.74, 6) is 1.18. The van der Waals surface area contributed by atoms with E-state index in [0.29, 0.717) is 11.7 Å². The summed E-state index contributed by atoms with van der Waals surface area (Å²) in [6.07, 6.45) is 5.33. The maximum atomic E-state index is 5.91. The van der Waals surface area contributed by atoms with Crippen molar-refractivity contribution < 1.29 is 9.47 Å². The first-order valence-corrected chi connectivity index (χ1v) is 6.15. The third kappa shape index (κ3) is 3.06. The van der Waals surface area contributed by atoms with E-state index in [-0.39, 0.29) is 6.10 Å². The van der Waals surface area contributed by atoms with Crippen LogP contribution in [0.15, 0.2) is 6.33 Å². The fourth-order valence-electron chi connectivity index (χ4n) is 1.95. The Bertz CT molecular complexity index is 365. The molecule has 0 atom stereocenters. The lowest BCUT2D eigenvalue weighted by atomic mass is 10.1. The molecule has 1 aromatic heterocycles. The largest absolute Gasteiger partial charge is 0.474 e. The summed E-state index contributed by atoms with van der Waals surface area (Å²) in [6, 6.07) is 0. The van der Waals surface area contributed by atoms with Crippen molar-refractivity contribution in [1.29, 1.82) is 0 Å². The third-order valence-electron chi connectivity index (χ3n) is 2.89. The number of aromatic nitrogens is 2. The highest BCUT2D eigenvalue weighted by molar-refractivity contribution is 5.44. The number of hydrogen-bond donors (Lipinski definition) is 1. The molecule has 1 aromatic rings. The quantitative estimate of drug-likeness (QED) is 0.860. The zero-order valence-electron chi connectivity index (χ0n) is 10.2. The second kappa shape index (κ2) is 5.82. The molecular weight excluding hydrogens is 218 g/mol. The zero-order chi connectivity index (χ0) is 12.1. The van der Waals surface area contributed by atoms with Gasteiger partial charge in [0.25, 0.3) is 0 Å². The van der Waals surface area contributed by atoms with Crippen LogP contribution in [-0.4, -0.2) is 29.3 Å². The highest BCUT2D eigenvalue weighted by Crippen LogP contribution is 2.24. The molecule has 2 rings (SSSR count). The van der Waals surface area contributed by atoms with Gasteiger partial charge in [-0.2, -0.15) is 0 Å². The van der Waals surface area contributed by atoms with Crippen LogP contribution >= 0.6 is 0 Å². The van der Waals surface area contributed by atoms with Crippen LogP contribution in [0.5, 0.6) is 5.88 Å². The summed E-state index contributed by atoms with van der Waals surface area (Å²) in [4.78, 5) is 8.21. The minimum Gasteiger partial charge on any atom is -0.474 e. The predicted octanol–water partition coefficient (Wildman–Crippen LogP) is 1.57. The first-order chi connectivity index (χ1) is 8.31. The minimum atomic E-state index is 0.189. The van der Waals surface area contributed by atoms with Crippen molar-refractivity contribution in [3.8, 4) is 5.88 Å². The van der Waals surface area contributed by atoms with Crippen molar-refractivity contribution in [2.45, 2.75) is 38.7 Å². The van der Waals surface area contributed by atoms with Gasteiger partial charge in [0.15, 0.2) is 0 Å². The molecule has 17 heavy (non-hydrogen) atoms. The smallest absolute Gasteiger partial charge is 0.222 e. The van der Waals surface area contributed by atoms with Gasteiger partial charge in [0, 0.05) is 12.8 Å². The fraction of sp³-hybridized carbons (Fsp3) is 0.667. The standard InChI is InChI=1S/C12H19N3O2/c1-2-3-10-11(13)14-8-15-12(10)17-9-4-6-16-7-5-9/h8-9H,2-7H2,1H3,(H2,13,14,15). The van der Waals surface area contributed by atoms with Crippen molar-refractivity contribution >= 4 is 5.82 Å². The normalized spacial score (nSPS) is 17.0. The average Bonchev–Trinajstić information content (AvgIpc) is 2.35. The molecule has 2 heterocycles. The van der Waals surface area contributed by atoms with Gasteiger partial charge in [-0.05, 0) is 6.42 Å². The number of nitrogens with two attached hydrogens (primary N) is 1. The Hall–Kier alpha value is -1.36. The van der Waals surface area contributed by atoms with Crippen molar-refractivity contribution in [1.82, 2.24) is 9.97 Å². The van der Waals surface area contributed by atoms with Crippen molar-refractivity contribution in [3.05, 3.63) is 11.9 Å². The topological polar surface area (TPSA) is 70.3 Å². The number of rotatable bonds is 4. The zero-order valence-corrected chi connectivity index (χ0v) is 10.2. The molecule has 1 aliphatic heterocycles. The van der Waals surface area contributed by atoms with Crippen LogP contribution in [0.2, 0.25) is 0 Å². The van der Waals surface area contributed by atoms with Gasteiger partial charge in [-0.1, -0.05) is 13.3 Å². The maximum absolute atomic E-state index is 5.91. The number of ether oxygens (including phenoxy) is 2. The van der Waals surface area contributed by atoms with E-state index < -0.39 is 0 Å². The van der Waals surface area contributed by atoms with E-state index in [1.807, 2.05) is 0 Å². The summed E-state index contributed by atoms with van der Waals surface area (Å²) in [7, 11) is 0. The number of nitrogens with zero attached hydrogens (tertiary/aromatic N) is 2. The van der Waals surface area contributed by atoms with E-state index in [9.17, 15) is 0 Å². The summed E-state index contributed by atoms with van der Waals surface area (Å²) >= 11 is 0. The van der Waals surface area contributed by atoms with Gasteiger partial charge in [-0.25, -0.2) is 9.97 Å². The monoisotopic (exact) mass is 237 g/mol. The second-order valence-corrected chi connectivity index (χ2v) is 4.22. The third-order valence-corrected chi connectivity index (χ3v) is 2.89. The van der Waals surface area contributed by atoms with Crippen LogP contribution in [0, 0.1) is 0 Å². The van der Waals surface area contributed by atoms with Crippen LogP contribution < -0.4 is 10.5 Å². The first kappa shape index (κ1) is 12.1. The van der Waals surface area contributed by atoms with Gasteiger partial charge < -0.3 is 15.2 Å². The van der Waals surface area contributed by atoms with Gasteiger partial charge in [-0.3, -0.25) is 0 Å². The lowest BCUT2D eigenvalue weighted by Gasteiger charge is -2.23. The van der Waals surface area contributed by atoms with Crippen LogP contribution in [0.4, 0.5) is 5.82 Å². The molecular formula is C12H19N3O2. The Labute approximate surface area is 101 Å². The lowest BCUT2D eigenvalue weighted by molar-refractivity contribution is 0.0233. The minimum absolute atomic E-state index is 0.189. The number of anilines is 1. The van der Waals surface area contributed by atoms with Crippen LogP contribution in [0.25, 0.3) is 0 Å².